The van der Waals surface area contributed by atoms with Crippen LogP contribution in [0.5, 0.6) is 0 Å². The lowest BCUT2D eigenvalue weighted by Crippen LogP contribution is -2.55. The van der Waals surface area contributed by atoms with Gasteiger partial charge >= 0.3 is 0 Å². The fraction of sp³-hybridized carbons (Fsp3) is 1.00. The molecular weight excluding hydrogens is 284 g/mol. The predicted molar refractivity (Wildman–Crippen MR) is 92.9 cm³/mol. The first-order valence-electron chi connectivity index (χ1n) is 10.3. The van der Waals surface area contributed by atoms with Crippen LogP contribution in [0.1, 0.15) is 71.6 Å². The summed E-state index contributed by atoms with van der Waals surface area (Å²) < 4.78 is 0. The van der Waals surface area contributed by atoms with Crippen LogP contribution in [0.25, 0.3) is 0 Å². The molecule has 4 fully saturated rings. The molecule has 2 heteroatoms. The Bertz CT molecular complexity index is 449. The van der Waals surface area contributed by atoms with Crippen molar-refractivity contribution in [3.05, 3.63) is 0 Å². The molecule has 4 aliphatic rings. The molecule has 0 aromatic rings. The van der Waals surface area contributed by atoms with Gasteiger partial charge in [0.2, 0.25) is 0 Å². The minimum Gasteiger partial charge on any atom is -0.396 e. The van der Waals surface area contributed by atoms with Gasteiger partial charge in [-0.05, 0) is 92.3 Å². The van der Waals surface area contributed by atoms with E-state index in [1.165, 1.54) is 51.4 Å². The number of fused-ring (bicyclic) bond motifs is 5. The van der Waals surface area contributed by atoms with Crippen LogP contribution in [-0.2, 0) is 0 Å². The molecule has 8 atom stereocenters. The molecular formula is C21H36O2. The molecule has 0 bridgehead atoms. The van der Waals surface area contributed by atoms with Gasteiger partial charge in [-0.15, -0.1) is 0 Å². The second-order valence-corrected chi connectivity index (χ2v) is 9.92. The number of hydrogen-bond donors (Lipinski definition) is 2. The summed E-state index contributed by atoms with van der Waals surface area (Å²) in [5.74, 6) is 4.62. The first-order valence-corrected chi connectivity index (χ1v) is 10.3. The van der Waals surface area contributed by atoms with Gasteiger partial charge in [0.1, 0.15) is 0 Å². The molecule has 0 radical (unpaired) electrons. The molecule has 0 aliphatic heterocycles. The van der Waals surface area contributed by atoms with Gasteiger partial charge in [0, 0.05) is 18.6 Å². The second kappa shape index (κ2) is 5.73. The molecule has 0 heterocycles. The summed E-state index contributed by atoms with van der Waals surface area (Å²) in [6.45, 7) is 5.66. The predicted octanol–water partition coefficient (Wildman–Crippen LogP) is 4.25. The zero-order valence-electron chi connectivity index (χ0n) is 15.1. The van der Waals surface area contributed by atoms with E-state index in [0.717, 1.165) is 30.1 Å². The van der Waals surface area contributed by atoms with E-state index < -0.39 is 0 Å². The molecule has 4 saturated carbocycles. The minimum atomic E-state index is 0.0566. The van der Waals surface area contributed by atoms with Crippen LogP contribution >= 0.6 is 0 Å². The summed E-state index contributed by atoms with van der Waals surface area (Å²) in [4.78, 5) is 0. The normalized spacial score (nSPS) is 55.8. The third-order valence-corrected chi connectivity index (χ3v) is 9.34. The van der Waals surface area contributed by atoms with Crippen molar-refractivity contribution in [3.63, 3.8) is 0 Å². The highest BCUT2D eigenvalue weighted by atomic mass is 16.3. The van der Waals surface area contributed by atoms with Gasteiger partial charge in [0.15, 0.2) is 0 Å². The van der Waals surface area contributed by atoms with Crippen LogP contribution in [0.4, 0.5) is 0 Å². The van der Waals surface area contributed by atoms with Crippen molar-refractivity contribution in [3.8, 4) is 0 Å². The monoisotopic (exact) mass is 320 g/mol. The van der Waals surface area contributed by atoms with E-state index in [9.17, 15) is 10.2 Å². The highest BCUT2D eigenvalue weighted by Gasteiger charge is 2.61. The Balaban J connectivity index is 1.62. The summed E-state index contributed by atoms with van der Waals surface area (Å²) in [6.07, 6.45) is 12.0. The van der Waals surface area contributed by atoms with Crippen LogP contribution in [0.3, 0.4) is 0 Å². The molecule has 4 aliphatic carbocycles. The fourth-order valence-electron chi connectivity index (χ4n) is 7.99. The van der Waals surface area contributed by atoms with Crippen LogP contribution in [0.2, 0.25) is 0 Å². The van der Waals surface area contributed by atoms with Crippen LogP contribution in [0.15, 0.2) is 0 Å². The van der Waals surface area contributed by atoms with E-state index >= 15 is 0 Å². The molecule has 0 aromatic heterocycles. The van der Waals surface area contributed by atoms with Gasteiger partial charge < -0.3 is 10.2 Å². The maximum absolute atomic E-state index is 10.3. The minimum absolute atomic E-state index is 0.0566. The van der Waals surface area contributed by atoms with Crippen molar-refractivity contribution in [1.29, 1.82) is 0 Å². The highest BCUT2D eigenvalue weighted by Crippen LogP contribution is 2.67. The Hall–Kier alpha value is -0.0800. The molecule has 0 saturated heterocycles. The molecule has 0 aromatic carbocycles. The fourth-order valence-corrected chi connectivity index (χ4v) is 7.99. The zero-order chi connectivity index (χ0) is 16.2. The first kappa shape index (κ1) is 16.4. The summed E-state index contributed by atoms with van der Waals surface area (Å²) in [5.41, 5.74) is 0.620. The quantitative estimate of drug-likeness (QED) is 0.798. The second-order valence-electron chi connectivity index (χ2n) is 9.92. The molecule has 0 spiro atoms. The van der Waals surface area contributed by atoms with Crippen molar-refractivity contribution >= 4 is 0 Å². The Morgan fingerprint density at radius 1 is 0.913 bits per heavy atom. The van der Waals surface area contributed by atoms with Crippen molar-refractivity contribution < 1.29 is 10.2 Å². The molecule has 23 heavy (non-hydrogen) atoms. The third kappa shape index (κ3) is 2.20. The largest absolute Gasteiger partial charge is 0.396 e. The van der Waals surface area contributed by atoms with Gasteiger partial charge in [-0.2, -0.15) is 0 Å². The Morgan fingerprint density at radius 2 is 1.74 bits per heavy atom. The van der Waals surface area contributed by atoms with Crippen LogP contribution in [-0.4, -0.2) is 23.4 Å². The Kier molecular flexibility index (Phi) is 4.08. The maximum atomic E-state index is 10.3. The zero-order valence-corrected chi connectivity index (χ0v) is 15.1. The smallest absolute Gasteiger partial charge is 0.0493 e. The van der Waals surface area contributed by atoms with Gasteiger partial charge in [-0.1, -0.05) is 20.3 Å². The lowest BCUT2D eigenvalue weighted by molar-refractivity contribution is -0.135. The van der Waals surface area contributed by atoms with Crippen LogP contribution < -0.4 is 0 Å². The van der Waals surface area contributed by atoms with Crippen LogP contribution in [0, 0.1) is 46.3 Å². The van der Waals surface area contributed by atoms with Gasteiger partial charge in [-0.25, -0.2) is 0 Å². The van der Waals surface area contributed by atoms with E-state index in [4.69, 9.17) is 0 Å². The summed E-state index contributed by atoms with van der Waals surface area (Å²) in [7, 11) is 0. The Labute approximate surface area is 142 Å². The highest BCUT2D eigenvalue weighted by molar-refractivity contribution is 5.10. The van der Waals surface area contributed by atoms with Crippen molar-refractivity contribution in [1.82, 2.24) is 0 Å². The molecule has 2 unspecified atom stereocenters. The third-order valence-electron chi connectivity index (χ3n) is 9.34. The average Bonchev–Trinajstić information content (AvgIpc) is 2.94. The van der Waals surface area contributed by atoms with E-state index in [1.54, 1.807) is 0 Å². The maximum Gasteiger partial charge on any atom is 0.0493 e. The van der Waals surface area contributed by atoms with Crippen molar-refractivity contribution in [2.45, 2.75) is 71.6 Å². The topological polar surface area (TPSA) is 40.5 Å². The first-order chi connectivity index (χ1) is 11.0. The van der Waals surface area contributed by atoms with E-state index in [0.29, 0.717) is 23.9 Å². The standard InChI is InChI=1S/C21H36O2/c1-14-7-9-20(2)15(11-14)3-5-17-18(20)8-10-21(13-23)16(12-22)4-6-19(17)21/h14-19,22-23H,3-13H2,1-2H3/t14?,15-,16?,17+,18-,19-,20-,21-/m0/s1. The molecule has 0 amide bonds. The lowest BCUT2D eigenvalue weighted by Gasteiger charge is -2.61. The number of rotatable bonds is 2. The molecule has 2 nitrogen and oxygen atoms in total. The molecule has 4 rings (SSSR count). The number of hydrogen-bond acceptors (Lipinski definition) is 2. The molecule has 2 N–H and O–H groups in total. The van der Waals surface area contributed by atoms with Gasteiger partial charge in [0.25, 0.3) is 0 Å². The van der Waals surface area contributed by atoms with Crippen molar-refractivity contribution in [2.75, 3.05) is 13.2 Å². The Morgan fingerprint density at radius 3 is 2.48 bits per heavy atom. The number of aliphatic hydroxyl groups is 2. The SMILES string of the molecule is CC1CC[C@@]2(C)[C@@H](CC[C@H]3[C@@H]4CCC(CO)[C@@]4(CO)CC[C@@H]32)C1. The summed E-state index contributed by atoms with van der Waals surface area (Å²) in [5, 5.41) is 20.1. The summed E-state index contributed by atoms with van der Waals surface area (Å²) >= 11 is 0. The van der Waals surface area contributed by atoms with Gasteiger partial charge in [-0.3, -0.25) is 0 Å². The number of aliphatic hydroxyl groups excluding tert-OH is 2. The summed E-state index contributed by atoms with van der Waals surface area (Å²) in [6, 6.07) is 0. The van der Waals surface area contributed by atoms with E-state index in [1.807, 2.05) is 0 Å². The van der Waals surface area contributed by atoms with E-state index in [-0.39, 0.29) is 12.0 Å². The lowest BCUT2D eigenvalue weighted by atomic mass is 9.44. The molecule has 132 valence electrons. The van der Waals surface area contributed by atoms with Gasteiger partial charge in [0.05, 0.1) is 0 Å². The average molecular weight is 321 g/mol. The van der Waals surface area contributed by atoms with E-state index in [2.05, 4.69) is 13.8 Å². The van der Waals surface area contributed by atoms with Crippen molar-refractivity contribution in [2.24, 2.45) is 46.3 Å².